The molecule has 0 unspecified atom stereocenters. The average Bonchev–Trinajstić information content (AvgIpc) is 2.83. The largest absolute Gasteiger partial charge is 0.390 e. The number of anilines is 1. The predicted octanol–water partition coefficient (Wildman–Crippen LogP) is 2.37. The molecule has 5 nitrogen and oxygen atoms in total. The second kappa shape index (κ2) is 4.49. The number of hydrogen-bond acceptors (Lipinski definition) is 5. The van der Waals surface area contributed by atoms with Gasteiger partial charge in [-0.25, -0.2) is 0 Å². The molecule has 5 rings (SSSR count). The molecule has 4 fully saturated rings. The summed E-state index contributed by atoms with van der Waals surface area (Å²) >= 11 is 1.45. The molecule has 2 atom stereocenters. The maximum absolute atomic E-state index is 12.8. The van der Waals surface area contributed by atoms with E-state index in [0.717, 1.165) is 37.1 Å². The Morgan fingerprint density at radius 3 is 2.62 bits per heavy atom. The Bertz CT molecular complexity index is 571. The lowest BCUT2D eigenvalue weighted by Crippen LogP contribution is -2.59. The lowest BCUT2D eigenvalue weighted by molar-refractivity contribution is -0.174. The van der Waals surface area contributed by atoms with Gasteiger partial charge in [-0.1, -0.05) is 18.3 Å². The van der Waals surface area contributed by atoms with Crippen LogP contribution in [0.25, 0.3) is 0 Å². The van der Waals surface area contributed by atoms with Gasteiger partial charge in [0.15, 0.2) is 0 Å². The number of nitrogens with one attached hydrogen (secondary N) is 1. The molecule has 4 aliphatic rings. The van der Waals surface area contributed by atoms with Gasteiger partial charge in [0.25, 0.3) is 0 Å². The fourth-order valence-electron chi connectivity index (χ4n) is 5.16. The number of amides is 1. The monoisotopic (exact) mass is 307 g/mol. The molecule has 1 aromatic heterocycles. The normalized spacial score (nSPS) is 40.5. The molecule has 114 valence electrons. The van der Waals surface area contributed by atoms with Gasteiger partial charge in [-0.3, -0.25) is 4.79 Å². The number of aliphatic hydroxyl groups is 1. The zero-order valence-corrected chi connectivity index (χ0v) is 13.1. The highest BCUT2D eigenvalue weighted by atomic mass is 32.1. The van der Waals surface area contributed by atoms with E-state index in [1.54, 1.807) is 0 Å². The van der Waals surface area contributed by atoms with Crippen molar-refractivity contribution < 1.29 is 9.90 Å². The molecule has 0 aromatic carbocycles. The first kappa shape index (κ1) is 13.6. The second-order valence-corrected chi connectivity index (χ2v) is 8.34. The number of carbonyl (C=O) groups is 1. The summed E-state index contributed by atoms with van der Waals surface area (Å²) < 4.78 is 0. The molecule has 0 saturated heterocycles. The molecular weight excluding hydrogens is 286 g/mol. The maximum atomic E-state index is 12.8. The van der Waals surface area contributed by atoms with Gasteiger partial charge in [0.05, 0.1) is 11.0 Å². The average molecular weight is 307 g/mol. The van der Waals surface area contributed by atoms with Crippen LogP contribution in [-0.4, -0.2) is 26.8 Å². The first-order valence-electron chi connectivity index (χ1n) is 7.86. The highest BCUT2D eigenvalue weighted by Gasteiger charge is 2.60. The number of aryl methyl sites for hydroxylation is 1. The topological polar surface area (TPSA) is 75.1 Å². The van der Waals surface area contributed by atoms with Crippen LogP contribution >= 0.6 is 11.3 Å². The zero-order valence-electron chi connectivity index (χ0n) is 12.3. The molecule has 1 heterocycles. The van der Waals surface area contributed by atoms with Crippen molar-refractivity contribution in [2.45, 2.75) is 57.5 Å². The van der Waals surface area contributed by atoms with Gasteiger partial charge in [-0.05, 0) is 56.8 Å². The summed E-state index contributed by atoms with van der Waals surface area (Å²) in [5, 5.41) is 23.3. The highest BCUT2D eigenvalue weighted by molar-refractivity contribution is 7.15. The minimum absolute atomic E-state index is 0.0498. The van der Waals surface area contributed by atoms with Crippen LogP contribution in [0.1, 0.15) is 50.5 Å². The van der Waals surface area contributed by atoms with Crippen LogP contribution in [0.3, 0.4) is 0 Å². The van der Waals surface area contributed by atoms with Crippen LogP contribution in [0.4, 0.5) is 5.13 Å². The van der Waals surface area contributed by atoms with E-state index in [0.29, 0.717) is 23.4 Å². The van der Waals surface area contributed by atoms with Crippen molar-refractivity contribution in [3.05, 3.63) is 5.01 Å². The lowest BCUT2D eigenvalue weighted by atomic mass is 9.47. The van der Waals surface area contributed by atoms with Crippen LogP contribution in [0, 0.1) is 17.3 Å². The molecule has 1 amide bonds. The van der Waals surface area contributed by atoms with Crippen molar-refractivity contribution in [2.75, 3.05) is 5.32 Å². The molecule has 6 heteroatoms. The first-order chi connectivity index (χ1) is 10.0. The Morgan fingerprint density at radius 2 is 2.05 bits per heavy atom. The zero-order chi connectivity index (χ0) is 14.7. The van der Waals surface area contributed by atoms with Gasteiger partial charge in [0.2, 0.25) is 11.0 Å². The molecule has 4 aliphatic carbocycles. The Labute approximate surface area is 128 Å². The van der Waals surface area contributed by atoms with Crippen molar-refractivity contribution in [2.24, 2.45) is 17.3 Å². The molecule has 1 aromatic rings. The third-order valence-electron chi connectivity index (χ3n) is 5.50. The maximum Gasteiger partial charge on any atom is 0.232 e. The molecular formula is C15H21N3O2S. The minimum atomic E-state index is -0.600. The van der Waals surface area contributed by atoms with Crippen LogP contribution in [0.15, 0.2) is 0 Å². The number of rotatable bonds is 3. The van der Waals surface area contributed by atoms with Crippen molar-refractivity contribution in [1.29, 1.82) is 0 Å². The number of carbonyl (C=O) groups excluding carboxylic acids is 1. The summed E-state index contributed by atoms with van der Waals surface area (Å²) in [5.41, 5.74) is -0.978. The summed E-state index contributed by atoms with van der Waals surface area (Å²) in [5.74, 6) is 1.08. The van der Waals surface area contributed by atoms with Crippen molar-refractivity contribution in [3.8, 4) is 0 Å². The Kier molecular flexibility index (Phi) is 2.92. The quantitative estimate of drug-likeness (QED) is 0.899. The van der Waals surface area contributed by atoms with E-state index in [4.69, 9.17) is 0 Å². The van der Waals surface area contributed by atoms with Crippen LogP contribution < -0.4 is 5.32 Å². The Balaban J connectivity index is 1.56. The summed E-state index contributed by atoms with van der Waals surface area (Å²) in [7, 11) is 0. The molecule has 0 spiro atoms. The summed E-state index contributed by atoms with van der Waals surface area (Å²) in [6, 6.07) is 0. The first-order valence-corrected chi connectivity index (χ1v) is 8.68. The molecule has 0 aliphatic heterocycles. The minimum Gasteiger partial charge on any atom is -0.390 e. The van der Waals surface area contributed by atoms with Crippen molar-refractivity contribution in [1.82, 2.24) is 10.2 Å². The molecule has 0 radical (unpaired) electrons. The van der Waals surface area contributed by atoms with Gasteiger partial charge >= 0.3 is 0 Å². The smallest absolute Gasteiger partial charge is 0.232 e. The van der Waals surface area contributed by atoms with Gasteiger partial charge in [-0.15, -0.1) is 10.2 Å². The van der Waals surface area contributed by atoms with Gasteiger partial charge in [-0.2, -0.15) is 0 Å². The van der Waals surface area contributed by atoms with E-state index < -0.39 is 5.60 Å². The van der Waals surface area contributed by atoms with E-state index in [9.17, 15) is 9.90 Å². The van der Waals surface area contributed by atoms with Gasteiger partial charge in [0.1, 0.15) is 5.01 Å². The van der Waals surface area contributed by atoms with E-state index in [1.807, 2.05) is 6.92 Å². The van der Waals surface area contributed by atoms with E-state index in [2.05, 4.69) is 15.5 Å². The van der Waals surface area contributed by atoms with Crippen LogP contribution in [0.5, 0.6) is 0 Å². The fraction of sp³-hybridized carbons (Fsp3) is 0.800. The number of aromatic nitrogens is 2. The highest BCUT2D eigenvalue weighted by Crippen LogP contribution is 2.61. The lowest BCUT2D eigenvalue weighted by Gasteiger charge is -2.59. The Morgan fingerprint density at radius 1 is 1.33 bits per heavy atom. The molecule has 21 heavy (non-hydrogen) atoms. The van der Waals surface area contributed by atoms with Crippen LogP contribution in [0.2, 0.25) is 0 Å². The molecule has 4 saturated carbocycles. The van der Waals surface area contributed by atoms with Crippen LogP contribution in [-0.2, 0) is 11.2 Å². The summed E-state index contributed by atoms with van der Waals surface area (Å²) in [6.07, 6.45) is 6.28. The Hall–Kier alpha value is -1.01. The van der Waals surface area contributed by atoms with E-state index in [-0.39, 0.29) is 11.3 Å². The standard InChI is InChI=1S/C15H21N3O2S/c1-2-11-17-18-13(21-11)16-12(19)14-4-9-3-10(5-14)7-15(20,6-9)8-14/h9-10,20H,2-8H2,1H3,(H,16,18,19)/t9-,10-,14?,15?/m1/s1. The summed E-state index contributed by atoms with van der Waals surface area (Å²) in [6.45, 7) is 2.03. The molecule has 2 N–H and O–H groups in total. The number of hydrogen-bond donors (Lipinski definition) is 2. The SMILES string of the molecule is CCc1nnc(NC(=O)C23C[C@H]4C[C@@H](CC(O)(C4)C2)C3)s1. The second-order valence-electron chi connectivity index (χ2n) is 7.27. The van der Waals surface area contributed by atoms with E-state index in [1.165, 1.54) is 17.8 Å². The predicted molar refractivity (Wildman–Crippen MR) is 80.0 cm³/mol. The fourth-order valence-corrected chi connectivity index (χ4v) is 5.83. The molecule has 4 bridgehead atoms. The van der Waals surface area contributed by atoms with Gasteiger partial charge < -0.3 is 10.4 Å². The summed E-state index contributed by atoms with van der Waals surface area (Å²) in [4.78, 5) is 12.8. The van der Waals surface area contributed by atoms with Crippen molar-refractivity contribution >= 4 is 22.4 Å². The van der Waals surface area contributed by atoms with E-state index >= 15 is 0 Å². The number of nitrogens with zero attached hydrogens (tertiary/aromatic N) is 2. The third-order valence-corrected chi connectivity index (χ3v) is 6.48. The third kappa shape index (κ3) is 2.19. The van der Waals surface area contributed by atoms with Gasteiger partial charge in [0, 0.05) is 0 Å². The van der Waals surface area contributed by atoms with Crippen molar-refractivity contribution in [3.63, 3.8) is 0 Å².